The summed E-state index contributed by atoms with van der Waals surface area (Å²) >= 11 is 0. The molecule has 1 aliphatic rings. The standard InChI is InChI=1S/C15H23NO3/c1-5-7-11(16-19-8-6-2)14-12(17)9-15(3,4)10-13(14)18/h6,17H,2,5,7-10H2,1,3-4H3/p-1/b16-11+. The van der Waals surface area contributed by atoms with Gasteiger partial charge in [-0.25, -0.2) is 0 Å². The highest BCUT2D eigenvalue weighted by molar-refractivity contribution is 6.23. The third kappa shape index (κ3) is 4.23. The Morgan fingerprint density at radius 2 is 2.21 bits per heavy atom. The summed E-state index contributed by atoms with van der Waals surface area (Å²) in [7, 11) is 0. The lowest BCUT2D eigenvalue weighted by atomic mass is 9.75. The van der Waals surface area contributed by atoms with Gasteiger partial charge in [-0.2, -0.15) is 0 Å². The molecule has 0 N–H and O–H groups in total. The number of ketones is 1. The molecule has 0 amide bonds. The molecular weight excluding hydrogens is 242 g/mol. The lowest BCUT2D eigenvalue weighted by Crippen LogP contribution is -2.33. The first-order valence-electron chi connectivity index (χ1n) is 6.64. The molecule has 0 aromatic carbocycles. The van der Waals surface area contributed by atoms with E-state index < -0.39 is 0 Å². The Morgan fingerprint density at radius 1 is 1.53 bits per heavy atom. The Hall–Kier alpha value is -1.58. The lowest BCUT2D eigenvalue weighted by Gasteiger charge is -2.35. The molecule has 0 aliphatic heterocycles. The van der Waals surface area contributed by atoms with Crippen molar-refractivity contribution in [3.8, 4) is 0 Å². The van der Waals surface area contributed by atoms with Crippen LogP contribution >= 0.6 is 0 Å². The van der Waals surface area contributed by atoms with Gasteiger partial charge in [0.25, 0.3) is 0 Å². The van der Waals surface area contributed by atoms with Crippen LogP contribution in [0.2, 0.25) is 0 Å². The van der Waals surface area contributed by atoms with E-state index in [1.54, 1.807) is 6.08 Å². The number of nitrogens with zero attached hydrogens (tertiary/aromatic N) is 1. The number of carbonyl (C=O) groups excluding carboxylic acids is 1. The molecule has 0 bridgehead atoms. The zero-order chi connectivity index (χ0) is 14.5. The molecule has 0 fully saturated rings. The van der Waals surface area contributed by atoms with E-state index in [9.17, 15) is 9.90 Å². The summed E-state index contributed by atoms with van der Waals surface area (Å²) in [6.07, 6.45) is 3.73. The average Bonchev–Trinajstić information content (AvgIpc) is 2.26. The SMILES string of the molecule is C=CCO/N=C(\CCC)C1=C([O-])CC(C)(C)CC1=O. The number of Topliss-reactive ketones (excluding diaryl/α,β-unsaturated/α-hetero) is 1. The van der Waals surface area contributed by atoms with Gasteiger partial charge in [-0.3, -0.25) is 4.79 Å². The molecule has 1 rings (SSSR count). The van der Waals surface area contributed by atoms with Gasteiger partial charge in [0.05, 0.1) is 5.71 Å². The molecule has 0 unspecified atom stereocenters. The van der Waals surface area contributed by atoms with Crippen LogP contribution in [0.4, 0.5) is 0 Å². The number of carbonyl (C=O) groups is 1. The van der Waals surface area contributed by atoms with Crippen molar-refractivity contribution in [3.63, 3.8) is 0 Å². The molecule has 0 aromatic rings. The quantitative estimate of drug-likeness (QED) is 0.320. The molecule has 0 spiro atoms. The van der Waals surface area contributed by atoms with Crippen molar-refractivity contribution in [3.05, 3.63) is 24.0 Å². The van der Waals surface area contributed by atoms with Crippen molar-refractivity contribution >= 4 is 11.5 Å². The summed E-state index contributed by atoms with van der Waals surface area (Å²) in [5, 5.41) is 16.1. The van der Waals surface area contributed by atoms with Crippen LogP contribution in [0.15, 0.2) is 29.1 Å². The maximum atomic E-state index is 12.2. The summed E-state index contributed by atoms with van der Waals surface area (Å²) in [4.78, 5) is 17.2. The van der Waals surface area contributed by atoms with Gasteiger partial charge in [-0.05, 0) is 18.3 Å². The van der Waals surface area contributed by atoms with Crippen LogP contribution in [0.25, 0.3) is 0 Å². The van der Waals surface area contributed by atoms with Crippen LogP contribution in [0.3, 0.4) is 0 Å². The van der Waals surface area contributed by atoms with Crippen molar-refractivity contribution in [2.75, 3.05) is 6.61 Å². The predicted octanol–water partition coefficient (Wildman–Crippen LogP) is 2.35. The molecule has 0 saturated carbocycles. The Bertz CT molecular complexity index is 419. The first kappa shape index (κ1) is 15.5. The topological polar surface area (TPSA) is 61.7 Å². The Labute approximate surface area is 114 Å². The number of allylic oxidation sites excluding steroid dienone is 2. The summed E-state index contributed by atoms with van der Waals surface area (Å²) in [6.45, 7) is 9.65. The van der Waals surface area contributed by atoms with E-state index in [1.807, 2.05) is 20.8 Å². The minimum atomic E-state index is -0.253. The third-order valence-corrected chi connectivity index (χ3v) is 2.98. The number of rotatable bonds is 6. The summed E-state index contributed by atoms with van der Waals surface area (Å²) in [6, 6.07) is 0. The smallest absolute Gasteiger partial charge is 0.164 e. The van der Waals surface area contributed by atoms with Crippen LogP contribution < -0.4 is 5.11 Å². The van der Waals surface area contributed by atoms with E-state index in [0.717, 1.165) is 6.42 Å². The van der Waals surface area contributed by atoms with Crippen LogP contribution in [0.5, 0.6) is 0 Å². The highest BCUT2D eigenvalue weighted by Gasteiger charge is 2.31. The molecule has 4 heteroatoms. The van der Waals surface area contributed by atoms with Crippen LogP contribution in [0, 0.1) is 5.41 Å². The zero-order valence-electron chi connectivity index (χ0n) is 12.0. The summed E-state index contributed by atoms with van der Waals surface area (Å²) in [5.74, 6) is -0.230. The molecular formula is C15H22NO3-. The van der Waals surface area contributed by atoms with E-state index in [4.69, 9.17) is 4.84 Å². The second-order valence-corrected chi connectivity index (χ2v) is 5.61. The maximum absolute atomic E-state index is 12.2. The molecule has 106 valence electrons. The average molecular weight is 264 g/mol. The van der Waals surface area contributed by atoms with Crippen LogP contribution in [-0.2, 0) is 9.63 Å². The molecule has 1 aliphatic carbocycles. The number of oxime groups is 1. The van der Waals surface area contributed by atoms with Crippen molar-refractivity contribution in [1.29, 1.82) is 0 Å². The zero-order valence-corrected chi connectivity index (χ0v) is 12.0. The fraction of sp³-hybridized carbons (Fsp3) is 0.600. The van der Waals surface area contributed by atoms with Gasteiger partial charge < -0.3 is 9.94 Å². The molecule has 0 atom stereocenters. The number of hydrogen-bond donors (Lipinski definition) is 0. The molecule has 0 radical (unpaired) electrons. The fourth-order valence-electron chi connectivity index (χ4n) is 2.21. The van der Waals surface area contributed by atoms with Gasteiger partial charge in [0.2, 0.25) is 0 Å². The minimum absolute atomic E-state index is 0.115. The van der Waals surface area contributed by atoms with Crippen LogP contribution in [0.1, 0.15) is 46.5 Å². The monoisotopic (exact) mass is 264 g/mol. The van der Waals surface area contributed by atoms with Gasteiger partial charge in [0.15, 0.2) is 5.78 Å². The van der Waals surface area contributed by atoms with E-state index in [1.165, 1.54) is 0 Å². The summed E-state index contributed by atoms with van der Waals surface area (Å²) < 4.78 is 0. The first-order chi connectivity index (χ1) is 8.91. The van der Waals surface area contributed by atoms with E-state index >= 15 is 0 Å². The van der Waals surface area contributed by atoms with Gasteiger partial charge in [0, 0.05) is 12.0 Å². The minimum Gasteiger partial charge on any atom is -0.875 e. The van der Waals surface area contributed by atoms with Gasteiger partial charge in [0.1, 0.15) is 6.61 Å². The van der Waals surface area contributed by atoms with Gasteiger partial charge >= 0.3 is 0 Å². The molecule has 4 nitrogen and oxygen atoms in total. The second-order valence-electron chi connectivity index (χ2n) is 5.61. The largest absolute Gasteiger partial charge is 0.875 e. The van der Waals surface area contributed by atoms with Gasteiger partial charge in [-0.1, -0.05) is 45.0 Å². The molecule has 0 aromatic heterocycles. The Morgan fingerprint density at radius 3 is 2.74 bits per heavy atom. The highest BCUT2D eigenvalue weighted by Crippen LogP contribution is 2.35. The van der Waals surface area contributed by atoms with Crippen molar-refractivity contribution < 1.29 is 14.7 Å². The molecule has 19 heavy (non-hydrogen) atoms. The van der Waals surface area contributed by atoms with E-state index in [2.05, 4.69) is 11.7 Å². The maximum Gasteiger partial charge on any atom is 0.164 e. The molecule has 0 heterocycles. The van der Waals surface area contributed by atoms with Crippen molar-refractivity contribution in [2.45, 2.75) is 46.5 Å². The van der Waals surface area contributed by atoms with Crippen LogP contribution in [-0.4, -0.2) is 18.1 Å². The van der Waals surface area contributed by atoms with Crippen molar-refractivity contribution in [1.82, 2.24) is 0 Å². The second kappa shape index (κ2) is 6.55. The Kier molecular flexibility index (Phi) is 5.33. The lowest BCUT2D eigenvalue weighted by molar-refractivity contribution is -0.311. The van der Waals surface area contributed by atoms with Gasteiger partial charge in [-0.15, -0.1) is 5.76 Å². The number of hydrogen-bond acceptors (Lipinski definition) is 4. The molecule has 0 saturated heterocycles. The Balaban J connectivity index is 3.03. The van der Waals surface area contributed by atoms with Crippen molar-refractivity contribution in [2.24, 2.45) is 10.6 Å². The summed E-state index contributed by atoms with van der Waals surface area (Å²) in [5.41, 5.74) is 0.469. The fourth-order valence-corrected chi connectivity index (χ4v) is 2.21. The van der Waals surface area contributed by atoms with E-state index in [0.29, 0.717) is 25.0 Å². The third-order valence-electron chi connectivity index (χ3n) is 2.98. The first-order valence-corrected chi connectivity index (χ1v) is 6.64. The normalized spacial score (nSPS) is 19.5. The highest BCUT2D eigenvalue weighted by atomic mass is 16.6. The van der Waals surface area contributed by atoms with E-state index in [-0.39, 0.29) is 29.1 Å². The predicted molar refractivity (Wildman–Crippen MR) is 73.5 cm³/mol.